The van der Waals surface area contributed by atoms with Crippen molar-refractivity contribution in [1.29, 1.82) is 0 Å². The number of rotatable bonds is 8. The Balaban J connectivity index is 0.996. The second-order valence-electron chi connectivity index (χ2n) is 13.4. The van der Waals surface area contributed by atoms with E-state index in [-0.39, 0.29) is 84.4 Å². The van der Waals surface area contributed by atoms with E-state index >= 15 is 0 Å². The van der Waals surface area contributed by atoms with Crippen LogP contribution in [-0.4, -0.2) is 49.9 Å². The van der Waals surface area contributed by atoms with E-state index < -0.39 is 34.9 Å². The zero-order valence-electron chi connectivity index (χ0n) is 30.4. The van der Waals surface area contributed by atoms with Gasteiger partial charge in [0.05, 0.1) is 45.0 Å². The van der Waals surface area contributed by atoms with Crippen LogP contribution < -0.4 is 21.3 Å². The molecule has 9 rings (SSSR count). The molecule has 1 aromatic heterocycles. The predicted molar refractivity (Wildman–Crippen MR) is 220 cm³/mol. The number of ketones is 4. The van der Waals surface area contributed by atoms with E-state index in [2.05, 4.69) is 36.2 Å². The van der Waals surface area contributed by atoms with Gasteiger partial charge in [-0.25, -0.2) is 0 Å². The molecular weight excluding hydrogens is 770 g/mol. The number of carbonyl (C=O) groups is 6. The Morgan fingerprint density at radius 3 is 1.07 bits per heavy atom. The number of amides is 2. The van der Waals surface area contributed by atoms with Crippen molar-refractivity contribution in [3.8, 4) is 0 Å². The number of aromatic nitrogens is 3. The number of halogens is 1. The van der Waals surface area contributed by atoms with Gasteiger partial charge in [0.15, 0.2) is 23.1 Å². The highest BCUT2D eigenvalue weighted by Crippen LogP contribution is 2.38. The molecule has 0 spiro atoms. The van der Waals surface area contributed by atoms with Crippen LogP contribution in [0, 0.1) is 0 Å². The molecule has 14 heteroatoms. The lowest BCUT2D eigenvalue weighted by Crippen LogP contribution is -2.25. The largest absolute Gasteiger partial charge is 0.323 e. The molecule has 0 aliphatic heterocycles. The van der Waals surface area contributed by atoms with Gasteiger partial charge in [0.2, 0.25) is 17.2 Å². The molecule has 0 saturated heterocycles. The summed E-state index contributed by atoms with van der Waals surface area (Å²) in [6.07, 6.45) is 0. The van der Waals surface area contributed by atoms with Crippen LogP contribution in [-0.2, 0) is 0 Å². The fourth-order valence-corrected chi connectivity index (χ4v) is 7.33. The van der Waals surface area contributed by atoms with E-state index in [1.807, 2.05) is 0 Å². The number of nitrogens with one attached hydrogen (secondary N) is 4. The first kappa shape index (κ1) is 36.5. The molecule has 0 bridgehead atoms. The molecule has 2 amide bonds. The first-order valence-electron chi connectivity index (χ1n) is 18.1. The van der Waals surface area contributed by atoms with E-state index in [0.29, 0.717) is 11.1 Å². The fourth-order valence-electron chi connectivity index (χ4n) is 7.17. The van der Waals surface area contributed by atoms with Gasteiger partial charge in [-0.3, -0.25) is 28.8 Å². The molecule has 6 aromatic carbocycles. The highest BCUT2D eigenvalue weighted by molar-refractivity contribution is 6.33. The third-order valence-electron chi connectivity index (χ3n) is 9.81. The van der Waals surface area contributed by atoms with Crippen molar-refractivity contribution >= 4 is 81.2 Å². The topological polar surface area (TPSA) is 189 Å². The number of anilines is 6. The summed E-state index contributed by atoms with van der Waals surface area (Å²) in [5.41, 5.74) is 2.17. The Morgan fingerprint density at radius 2 is 0.712 bits per heavy atom. The van der Waals surface area contributed by atoms with E-state index in [9.17, 15) is 28.8 Å². The van der Waals surface area contributed by atoms with Gasteiger partial charge in [-0.1, -0.05) is 84.9 Å². The second kappa shape index (κ2) is 14.7. The third-order valence-corrected chi connectivity index (χ3v) is 9.98. The monoisotopic (exact) mass is 795 g/mol. The molecule has 0 atom stereocenters. The maximum atomic E-state index is 14.1. The Kier molecular flexibility index (Phi) is 9.11. The molecule has 13 nitrogen and oxygen atoms in total. The Morgan fingerprint density at radius 1 is 0.390 bits per heavy atom. The molecule has 7 aromatic rings. The van der Waals surface area contributed by atoms with Gasteiger partial charge >= 0.3 is 0 Å². The summed E-state index contributed by atoms with van der Waals surface area (Å²) in [4.78, 5) is 95.0. The second-order valence-corrected chi connectivity index (χ2v) is 13.7. The van der Waals surface area contributed by atoms with Gasteiger partial charge in [0, 0.05) is 33.4 Å². The summed E-state index contributed by atoms with van der Waals surface area (Å²) in [6, 6.07) is 35.7. The van der Waals surface area contributed by atoms with E-state index in [4.69, 9.17) is 11.6 Å². The lowest BCUT2D eigenvalue weighted by atomic mass is 9.82. The normalized spacial score (nSPS) is 12.4. The first-order valence-corrected chi connectivity index (χ1v) is 18.4. The lowest BCUT2D eigenvalue weighted by molar-refractivity contribution is 0.0979. The number of nitrogens with zero attached hydrogens (tertiary/aromatic N) is 3. The van der Waals surface area contributed by atoms with Crippen molar-refractivity contribution in [3.05, 3.63) is 194 Å². The van der Waals surface area contributed by atoms with E-state index in [1.165, 1.54) is 24.3 Å². The van der Waals surface area contributed by atoms with Crippen molar-refractivity contribution in [2.75, 3.05) is 21.3 Å². The van der Waals surface area contributed by atoms with Crippen LogP contribution in [0.3, 0.4) is 0 Å². The fraction of sp³-hybridized carbons (Fsp3) is 0. The smallest absolute Gasteiger partial charge is 0.255 e. The number of hydrogen-bond acceptors (Lipinski definition) is 11. The predicted octanol–water partition coefficient (Wildman–Crippen LogP) is 8.07. The van der Waals surface area contributed by atoms with Crippen LogP contribution in [0.25, 0.3) is 0 Å². The van der Waals surface area contributed by atoms with Gasteiger partial charge in [-0.15, -0.1) is 0 Å². The van der Waals surface area contributed by atoms with Crippen LogP contribution in [0.4, 0.5) is 34.6 Å². The zero-order chi connectivity index (χ0) is 40.8. The number of benzene rings is 6. The molecule has 0 radical (unpaired) electrons. The maximum absolute atomic E-state index is 14.1. The van der Waals surface area contributed by atoms with Crippen molar-refractivity contribution in [1.82, 2.24) is 15.0 Å². The molecule has 0 saturated carbocycles. The summed E-state index contributed by atoms with van der Waals surface area (Å²) in [6.45, 7) is 0. The molecule has 284 valence electrons. The molecule has 0 unspecified atom stereocenters. The van der Waals surface area contributed by atoms with Gasteiger partial charge < -0.3 is 21.3 Å². The zero-order valence-corrected chi connectivity index (χ0v) is 31.1. The van der Waals surface area contributed by atoms with Crippen LogP contribution in [0.5, 0.6) is 0 Å². The first-order chi connectivity index (χ1) is 28.7. The van der Waals surface area contributed by atoms with Crippen molar-refractivity contribution in [2.45, 2.75) is 0 Å². The molecular formula is C45H26ClN7O6. The van der Waals surface area contributed by atoms with Crippen molar-refractivity contribution < 1.29 is 28.8 Å². The van der Waals surface area contributed by atoms with Crippen LogP contribution in [0.1, 0.15) is 84.4 Å². The SMILES string of the molecule is O=C(Nc1cccc2c1C(=O)c1cccc(Nc3nc(Cl)nc(Nc4cccc5c4C(=O)c4cccc(NC(=O)c6ccccc6)c4C5=O)n3)c1C2=O)c1ccccc1. The molecule has 0 fully saturated rings. The summed E-state index contributed by atoms with van der Waals surface area (Å²) in [5, 5.41) is 11.3. The van der Waals surface area contributed by atoms with E-state index in [0.717, 1.165) is 0 Å². The number of fused-ring (bicyclic) bond motifs is 4. The molecule has 4 N–H and O–H groups in total. The van der Waals surface area contributed by atoms with Gasteiger partial charge in [-0.05, 0) is 60.1 Å². The lowest BCUT2D eigenvalue weighted by Gasteiger charge is -2.23. The molecule has 59 heavy (non-hydrogen) atoms. The van der Waals surface area contributed by atoms with Gasteiger partial charge in [-0.2, -0.15) is 15.0 Å². The highest BCUT2D eigenvalue weighted by atomic mass is 35.5. The maximum Gasteiger partial charge on any atom is 0.255 e. The van der Waals surface area contributed by atoms with Crippen LogP contribution >= 0.6 is 11.6 Å². The summed E-state index contributed by atoms with van der Waals surface area (Å²) < 4.78 is 0. The minimum absolute atomic E-state index is 0.0572. The van der Waals surface area contributed by atoms with Gasteiger partial charge in [0.25, 0.3) is 11.8 Å². The number of hydrogen-bond donors (Lipinski definition) is 4. The minimum atomic E-state index is -0.478. The molecule has 2 aliphatic rings. The quantitative estimate of drug-likeness (QED) is 0.116. The Labute approximate surface area is 339 Å². The van der Waals surface area contributed by atoms with Crippen molar-refractivity contribution in [2.24, 2.45) is 0 Å². The third kappa shape index (κ3) is 6.56. The Bertz CT molecular complexity index is 2780. The molecule has 1 heterocycles. The average Bonchev–Trinajstić information content (AvgIpc) is 3.25. The standard InChI is InChI=1S/C45H26ClN7O6/c46-43-51-44(49-31-21-9-17-27-35(31)39(56)25-15-7-19-29(33(25)37(27)54)47-41(58)23-11-3-1-4-12-23)53-45(52-43)50-32-22-10-18-28-36(32)40(57)26-16-8-20-30(34(26)38(28)55)48-42(59)24-13-5-2-6-14-24/h1-22H,(H,47,58)(H,48,59)(H2,49,50,51,52,53). The highest BCUT2D eigenvalue weighted by Gasteiger charge is 2.36. The van der Waals surface area contributed by atoms with Gasteiger partial charge in [0.1, 0.15) is 0 Å². The summed E-state index contributed by atoms with van der Waals surface area (Å²) in [7, 11) is 0. The molecule has 2 aliphatic carbocycles. The summed E-state index contributed by atoms with van der Waals surface area (Å²) >= 11 is 6.36. The van der Waals surface area contributed by atoms with E-state index in [1.54, 1.807) is 109 Å². The minimum Gasteiger partial charge on any atom is -0.323 e. The van der Waals surface area contributed by atoms with Crippen LogP contribution in [0.2, 0.25) is 5.28 Å². The Hall–Kier alpha value is -8.16. The average molecular weight is 796 g/mol. The van der Waals surface area contributed by atoms with Crippen molar-refractivity contribution in [3.63, 3.8) is 0 Å². The van der Waals surface area contributed by atoms with Crippen LogP contribution in [0.15, 0.2) is 133 Å². The summed E-state index contributed by atoms with van der Waals surface area (Å²) in [5.74, 6) is -2.99. The number of carbonyl (C=O) groups excluding carboxylic acids is 6.